The smallest absolute Gasteiger partial charge is 0.174 e. The first kappa shape index (κ1) is 17.6. The summed E-state index contributed by atoms with van der Waals surface area (Å²) in [7, 11) is 1.61. The van der Waals surface area contributed by atoms with Gasteiger partial charge in [-0.2, -0.15) is 11.8 Å². The van der Waals surface area contributed by atoms with Gasteiger partial charge in [0, 0.05) is 24.2 Å². The second-order valence-electron chi connectivity index (χ2n) is 4.98. The fourth-order valence-corrected chi connectivity index (χ4v) is 3.03. The normalized spacial score (nSPS) is 10.2. The molecule has 2 rings (SSSR count). The van der Waals surface area contributed by atoms with Crippen LogP contribution in [-0.2, 0) is 5.75 Å². The zero-order valence-corrected chi connectivity index (χ0v) is 15.0. The summed E-state index contributed by atoms with van der Waals surface area (Å²) in [4.78, 5) is 4.21. The highest BCUT2D eigenvalue weighted by atomic mass is 32.2. The number of pyridine rings is 1. The average Bonchev–Trinajstić information content (AvgIpc) is 2.55. The van der Waals surface area contributed by atoms with E-state index in [1.54, 1.807) is 13.3 Å². The van der Waals surface area contributed by atoms with Gasteiger partial charge in [-0.25, -0.2) is 4.98 Å². The maximum absolute atomic E-state index is 5.28. The number of nitrogens with zero attached hydrogens (tertiary/aromatic N) is 1. The van der Waals surface area contributed by atoms with Crippen LogP contribution < -0.4 is 15.4 Å². The summed E-state index contributed by atoms with van der Waals surface area (Å²) < 4.78 is 5.23. The van der Waals surface area contributed by atoms with E-state index in [2.05, 4.69) is 46.8 Å². The van der Waals surface area contributed by atoms with Crippen LogP contribution in [0.1, 0.15) is 11.1 Å². The van der Waals surface area contributed by atoms with Crippen LogP contribution in [0.15, 0.2) is 42.6 Å². The highest BCUT2D eigenvalue weighted by molar-refractivity contribution is 7.98. The van der Waals surface area contributed by atoms with E-state index in [4.69, 9.17) is 17.0 Å². The minimum Gasteiger partial charge on any atom is -0.493 e. The molecule has 0 bridgehead atoms. The van der Waals surface area contributed by atoms with Crippen molar-refractivity contribution in [1.29, 1.82) is 0 Å². The molecule has 1 aromatic heterocycles. The average molecular weight is 348 g/mol. The third-order valence-electron chi connectivity index (χ3n) is 3.11. The first-order chi connectivity index (χ1) is 11.2. The van der Waals surface area contributed by atoms with Crippen molar-refractivity contribution in [3.8, 4) is 5.75 Å². The van der Waals surface area contributed by atoms with Gasteiger partial charge < -0.3 is 15.4 Å². The first-order valence-electron chi connectivity index (χ1n) is 7.36. The number of methoxy groups -OCH3 is 1. The third-order valence-corrected chi connectivity index (χ3v) is 4.38. The predicted molar refractivity (Wildman–Crippen MR) is 102 cm³/mol. The van der Waals surface area contributed by atoms with E-state index in [0.29, 0.717) is 16.7 Å². The number of hydrogen-bond acceptors (Lipinski definition) is 4. The standard InChI is InChI=1S/C17H21N3OS2/c1-13-5-3-6-14(11-13)12-23-10-9-19-17(22)20-16-15(21-2)7-4-8-18-16/h3-8,11H,9-10,12H2,1-2H3,(H2,18,19,20,22). The fraction of sp³-hybridized carbons (Fsp3) is 0.294. The van der Waals surface area contributed by atoms with Gasteiger partial charge in [-0.05, 0) is 36.8 Å². The van der Waals surface area contributed by atoms with Gasteiger partial charge in [-0.3, -0.25) is 0 Å². The van der Waals surface area contributed by atoms with Crippen molar-refractivity contribution in [2.75, 3.05) is 24.7 Å². The van der Waals surface area contributed by atoms with Gasteiger partial charge in [0.15, 0.2) is 16.7 Å². The van der Waals surface area contributed by atoms with Gasteiger partial charge in [0.2, 0.25) is 0 Å². The minimum atomic E-state index is 0.554. The van der Waals surface area contributed by atoms with Crippen molar-refractivity contribution in [3.63, 3.8) is 0 Å². The Bertz CT molecular complexity index is 649. The molecule has 0 aliphatic rings. The Hall–Kier alpha value is -1.79. The Morgan fingerprint density at radius 1 is 1.30 bits per heavy atom. The molecule has 0 saturated heterocycles. The van der Waals surface area contributed by atoms with Gasteiger partial charge in [0.05, 0.1) is 7.11 Å². The van der Waals surface area contributed by atoms with E-state index in [0.717, 1.165) is 18.1 Å². The largest absolute Gasteiger partial charge is 0.493 e. The molecular weight excluding hydrogens is 326 g/mol. The van der Waals surface area contributed by atoms with Crippen molar-refractivity contribution in [2.45, 2.75) is 12.7 Å². The van der Waals surface area contributed by atoms with Crippen LogP contribution in [0.4, 0.5) is 5.82 Å². The van der Waals surface area contributed by atoms with Crippen molar-refractivity contribution in [3.05, 3.63) is 53.7 Å². The predicted octanol–water partition coefficient (Wildman–Crippen LogP) is 3.62. The lowest BCUT2D eigenvalue weighted by molar-refractivity contribution is 0.415. The number of anilines is 1. The van der Waals surface area contributed by atoms with Crippen LogP contribution in [0.2, 0.25) is 0 Å². The molecule has 4 nitrogen and oxygen atoms in total. The number of thiocarbonyl (C=S) groups is 1. The van der Waals surface area contributed by atoms with E-state index in [-0.39, 0.29) is 0 Å². The number of nitrogens with one attached hydrogen (secondary N) is 2. The lowest BCUT2D eigenvalue weighted by Crippen LogP contribution is -2.30. The minimum absolute atomic E-state index is 0.554. The van der Waals surface area contributed by atoms with Crippen molar-refractivity contribution < 1.29 is 4.74 Å². The highest BCUT2D eigenvalue weighted by Crippen LogP contribution is 2.19. The number of rotatable bonds is 7. The maximum Gasteiger partial charge on any atom is 0.174 e. The molecule has 0 spiro atoms. The summed E-state index contributed by atoms with van der Waals surface area (Å²) in [5.41, 5.74) is 2.66. The topological polar surface area (TPSA) is 46.2 Å². The number of aromatic nitrogens is 1. The molecule has 0 saturated carbocycles. The van der Waals surface area contributed by atoms with Crippen molar-refractivity contribution >= 4 is 34.9 Å². The Morgan fingerprint density at radius 3 is 2.96 bits per heavy atom. The van der Waals surface area contributed by atoms with Crippen LogP contribution in [-0.4, -0.2) is 29.5 Å². The van der Waals surface area contributed by atoms with E-state index in [9.17, 15) is 0 Å². The van der Waals surface area contributed by atoms with Crippen LogP contribution in [0.5, 0.6) is 5.75 Å². The zero-order chi connectivity index (χ0) is 16.5. The molecular formula is C17H21N3OS2. The summed E-state index contributed by atoms with van der Waals surface area (Å²) >= 11 is 7.16. The number of benzene rings is 1. The van der Waals surface area contributed by atoms with Gasteiger partial charge in [-0.1, -0.05) is 29.8 Å². The van der Waals surface area contributed by atoms with Crippen LogP contribution in [0, 0.1) is 6.92 Å². The Balaban J connectivity index is 1.67. The molecule has 6 heteroatoms. The van der Waals surface area contributed by atoms with Gasteiger partial charge in [-0.15, -0.1) is 0 Å². The Morgan fingerprint density at radius 2 is 2.17 bits per heavy atom. The fourth-order valence-electron chi connectivity index (χ4n) is 2.03. The lowest BCUT2D eigenvalue weighted by Gasteiger charge is -2.12. The monoisotopic (exact) mass is 347 g/mol. The van der Waals surface area contributed by atoms with Crippen molar-refractivity contribution in [1.82, 2.24) is 10.3 Å². The Kier molecular flexibility index (Phi) is 7.16. The molecule has 23 heavy (non-hydrogen) atoms. The SMILES string of the molecule is COc1cccnc1NC(=S)NCCSCc1cccc(C)c1. The van der Waals surface area contributed by atoms with E-state index in [1.807, 2.05) is 23.9 Å². The van der Waals surface area contributed by atoms with E-state index >= 15 is 0 Å². The zero-order valence-electron chi connectivity index (χ0n) is 13.3. The maximum atomic E-state index is 5.28. The number of aryl methyl sites for hydroxylation is 1. The van der Waals surface area contributed by atoms with Crippen LogP contribution in [0.25, 0.3) is 0 Å². The quantitative estimate of drug-likeness (QED) is 0.589. The molecule has 0 atom stereocenters. The van der Waals surface area contributed by atoms with E-state index < -0.39 is 0 Å². The molecule has 0 amide bonds. The molecule has 0 fully saturated rings. The summed E-state index contributed by atoms with van der Waals surface area (Å²) in [6.07, 6.45) is 1.70. The van der Waals surface area contributed by atoms with Crippen LogP contribution >= 0.6 is 24.0 Å². The lowest BCUT2D eigenvalue weighted by atomic mass is 10.2. The molecule has 122 valence electrons. The molecule has 0 radical (unpaired) electrons. The molecule has 2 aromatic rings. The number of thioether (sulfide) groups is 1. The Labute approximate surface area is 147 Å². The first-order valence-corrected chi connectivity index (χ1v) is 8.92. The molecule has 2 N–H and O–H groups in total. The van der Waals surface area contributed by atoms with Crippen LogP contribution in [0.3, 0.4) is 0 Å². The third kappa shape index (κ3) is 6.08. The van der Waals surface area contributed by atoms with Gasteiger partial charge >= 0.3 is 0 Å². The van der Waals surface area contributed by atoms with E-state index in [1.165, 1.54) is 11.1 Å². The number of hydrogen-bond donors (Lipinski definition) is 2. The summed E-state index contributed by atoms with van der Waals surface area (Å²) in [5.74, 6) is 3.29. The molecule has 0 aliphatic carbocycles. The molecule has 0 aliphatic heterocycles. The molecule has 1 heterocycles. The second kappa shape index (κ2) is 9.37. The summed E-state index contributed by atoms with van der Waals surface area (Å²) in [6.45, 7) is 2.92. The second-order valence-corrected chi connectivity index (χ2v) is 6.49. The highest BCUT2D eigenvalue weighted by Gasteiger charge is 2.04. The molecule has 1 aromatic carbocycles. The van der Waals surface area contributed by atoms with Gasteiger partial charge in [0.25, 0.3) is 0 Å². The number of ether oxygens (including phenoxy) is 1. The summed E-state index contributed by atoms with van der Waals surface area (Å²) in [5, 5.41) is 6.79. The van der Waals surface area contributed by atoms with Gasteiger partial charge in [0.1, 0.15) is 0 Å². The van der Waals surface area contributed by atoms with Crippen molar-refractivity contribution in [2.24, 2.45) is 0 Å². The molecule has 0 unspecified atom stereocenters. The summed E-state index contributed by atoms with van der Waals surface area (Å²) in [6, 6.07) is 12.3.